The van der Waals surface area contributed by atoms with Gasteiger partial charge in [0.05, 0.1) is 6.54 Å². The van der Waals surface area contributed by atoms with Crippen molar-refractivity contribution in [1.82, 2.24) is 15.1 Å². The number of likely N-dealkylation sites (tertiary alicyclic amines) is 1. The summed E-state index contributed by atoms with van der Waals surface area (Å²) >= 11 is 1.55. The predicted molar refractivity (Wildman–Crippen MR) is 81.7 cm³/mol. The first-order valence-electron chi connectivity index (χ1n) is 7.57. The molecule has 0 saturated carbocycles. The van der Waals surface area contributed by atoms with E-state index in [1.807, 2.05) is 4.90 Å². The molecule has 20 heavy (non-hydrogen) atoms. The molecule has 0 aliphatic carbocycles. The summed E-state index contributed by atoms with van der Waals surface area (Å²) in [5.74, 6) is 0.958. The van der Waals surface area contributed by atoms with Crippen molar-refractivity contribution in [2.24, 2.45) is 5.92 Å². The molecule has 6 heteroatoms. The minimum Gasteiger partial charge on any atom is -0.360 e. The Hall–Kier alpha value is -1.17. The largest absolute Gasteiger partial charge is 0.360 e. The van der Waals surface area contributed by atoms with Crippen LogP contribution < -0.4 is 5.32 Å². The molecule has 0 aromatic carbocycles. The summed E-state index contributed by atoms with van der Waals surface area (Å²) in [7, 11) is 0. The smallest absolute Gasteiger partial charge is 0.222 e. The zero-order chi connectivity index (χ0) is 14.4. The van der Waals surface area contributed by atoms with Crippen LogP contribution in [0.15, 0.2) is 0 Å². The van der Waals surface area contributed by atoms with E-state index >= 15 is 0 Å². The summed E-state index contributed by atoms with van der Waals surface area (Å²) in [6, 6.07) is 0. The molecule has 1 aromatic heterocycles. The van der Waals surface area contributed by atoms with Gasteiger partial charge in [-0.15, -0.1) is 10.2 Å². The van der Waals surface area contributed by atoms with Gasteiger partial charge in [0.1, 0.15) is 5.01 Å². The topological polar surface area (TPSA) is 58.1 Å². The van der Waals surface area contributed by atoms with Crippen molar-refractivity contribution >= 4 is 22.4 Å². The first kappa shape index (κ1) is 15.2. The van der Waals surface area contributed by atoms with Gasteiger partial charge >= 0.3 is 0 Å². The third-order valence-corrected chi connectivity index (χ3v) is 4.69. The average Bonchev–Trinajstić information content (AvgIpc) is 2.83. The van der Waals surface area contributed by atoms with E-state index in [2.05, 4.69) is 29.4 Å². The summed E-state index contributed by atoms with van der Waals surface area (Å²) in [6.07, 6.45) is 5.06. The normalized spacial score (nSPS) is 20.0. The van der Waals surface area contributed by atoms with Crippen molar-refractivity contribution in [1.29, 1.82) is 0 Å². The second-order valence-electron chi connectivity index (χ2n) is 5.34. The van der Waals surface area contributed by atoms with Crippen LogP contribution in [-0.2, 0) is 11.3 Å². The third kappa shape index (κ3) is 4.16. The van der Waals surface area contributed by atoms with E-state index in [1.54, 1.807) is 11.3 Å². The molecule has 1 atom stereocenters. The third-order valence-electron chi connectivity index (χ3n) is 3.82. The first-order valence-corrected chi connectivity index (χ1v) is 8.38. The van der Waals surface area contributed by atoms with Crippen molar-refractivity contribution in [2.45, 2.75) is 52.5 Å². The number of nitrogens with zero attached hydrogens (tertiary/aromatic N) is 3. The maximum Gasteiger partial charge on any atom is 0.222 e. The number of aromatic nitrogens is 2. The number of hydrogen-bond acceptors (Lipinski definition) is 5. The van der Waals surface area contributed by atoms with Crippen LogP contribution in [-0.4, -0.2) is 34.1 Å². The van der Waals surface area contributed by atoms with Gasteiger partial charge in [-0.3, -0.25) is 4.79 Å². The highest BCUT2D eigenvalue weighted by Crippen LogP contribution is 2.23. The first-order chi connectivity index (χ1) is 9.72. The standard InChI is InChI=1S/C14H24N4OS/c1-3-8-15-14-17-16-12(20-14)10-18-9-7-11(4-2)5-6-13(18)19/h11H,3-10H2,1-2H3,(H,15,17). The fourth-order valence-corrected chi connectivity index (χ4v) is 3.23. The minimum absolute atomic E-state index is 0.263. The van der Waals surface area contributed by atoms with E-state index in [9.17, 15) is 4.79 Å². The highest BCUT2D eigenvalue weighted by Gasteiger charge is 2.22. The number of rotatable bonds is 6. The van der Waals surface area contributed by atoms with Gasteiger partial charge in [-0.25, -0.2) is 0 Å². The number of amides is 1. The van der Waals surface area contributed by atoms with Gasteiger partial charge in [0.15, 0.2) is 0 Å². The molecule has 1 aliphatic rings. The lowest BCUT2D eigenvalue weighted by molar-refractivity contribution is -0.131. The summed E-state index contributed by atoms with van der Waals surface area (Å²) in [5, 5.41) is 13.3. The van der Waals surface area contributed by atoms with Gasteiger partial charge in [0.2, 0.25) is 11.0 Å². The lowest BCUT2D eigenvalue weighted by Gasteiger charge is -2.19. The van der Waals surface area contributed by atoms with Gasteiger partial charge < -0.3 is 10.2 Å². The van der Waals surface area contributed by atoms with Crippen LogP contribution in [0.25, 0.3) is 0 Å². The molecular weight excluding hydrogens is 272 g/mol. The maximum atomic E-state index is 12.1. The van der Waals surface area contributed by atoms with Gasteiger partial charge in [0.25, 0.3) is 0 Å². The van der Waals surface area contributed by atoms with Crippen molar-refractivity contribution in [3.63, 3.8) is 0 Å². The molecule has 1 aromatic rings. The molecule has 1 aliphatic heterocycles. The van der Waals surface area contributed by atoms with Crippen LogP contribution in [0.2, 0.25) is 0 Å². The van der Waals surface area contributed by atoms with Crippen LogP contribution in [0.3, 0.4) is 0 Å². The molecule has 2 rings (SSSR count). The van der Waals surface area contributed by atoms with E-state index < -0.39 is 0 Å². The van der Waals surface area contributed by atoms with E-state index in [4.69, 9.17) is 0 Å². The van der Waals surface area contributed by atoms with Gasteiger partial charge in [-0.2, -0.15) is 0 Å². The van der Waals surface area contributed by atoms with Crippen molar-refractivity contribution < 1.29 is 4.79 Å². The van der Waals surface area contributed by atoms with Crippen molar-refractivity contribution in [2.75, 3.05) is 18.4 Å². The number of nitrogens with one attached hydrogen (secondary N) is 1. The van der Waals surface area contributed by atoms with Crippen LogP contribution in [0, 0.1) is 5.92 Å². The van der Waals surface area contributed by atoms with Crippen molar-refractivity contribution in [3.8, 4) is 0 Å². The highest BCUT2D eigenvalue weighted by atomic mass is 32.1. The van der Waals surface area contributed by atoms with Crippen LogP contribution in [0.1, 0.15) is 51.0 Å². The van der Waals surface area contributed by atoms with E-state index in [0.29, 0.717) is 18.9 Å². The highest BCUT2D eigenvalue weighted by molar-refractivity contribution is 7.15. The Morgan fingerprint density at radius 1 is 1.35 bits per heavy atom. The monoisotopic (exact) mass is 296 g/mol. The zero-order valence-electron chi connectivity index (χ0n) is 12.4. The molecule has 1 unspecified atom stereocenters. The summed E-state index contributed by atoms with van der Waals surface area (Å²) < 4.78 is 0. The number of anilines is 1. The second kappa shape index (κ2) is 7.57. The number of carbonyl (C=O) groups excluding carboxylic acids is 1. The Labute approximate surface area is 124 Å². The maximum absolute atomic E-state index is 12.1. The summed E-state index contributed by atoms with van der Waals surface area (Å²) in [6.45, 7) is 6.71. The Balaban J connectivity index is 1.91. The molecule has 2 heterocycles. The SMILES string of the molecule is CCCNc1nnc(CN2CCC(CC)CCC2=O)s1. The van der Waals surface area contributed by atoms with Crippen LogP contribution in [0.4, 0.5) is 5.13 Å². The molecule has 1 amide bonds. The minimum atomic E-state index is 0.263. The molecule has 5 nitrogen and oxygen atoms in total. The molecular formula is C14H24N4OS. The molecule has 112 valence electrons. The van der Waals surface area contributed by atoms with Gasteiger partial charge in [0, 0.05) is 19.5 Å². The molecule has 1 N–H and O–H groups in total. The summed E-state index contributed by atoms with van der Waals surface area (Å²) in [5.41, 5.74) is 0. The van der Waals surface area contributed by atoms with Crippen LogP contribution >= 0.6 is 11.3 Å². The lowest BCUT2D eigenvalue weighted by Crippen LogP contribution is -2.29. The Bertz CT molecular complexity index is 435. The number of carbonyl (C=O) groups is 1. The molecule has 0 spiro atoms. The van der Waals surface area contributed by atoms with Gasteiger partial charge in [-0.05, 0) is 25.2 Å². The molecule has 1 fully saturated rings. The Morgan fingerprint density at radius 3 is 2.95 bits per heavy atom. The molecule has 0 radical (unpaired) electrons. The van der Waals surface area contributed by atoms with Crippen molar-refractivity contribution in [3.05, 3.63) is 5.01 Å². The van der Waals surface area contributed by atoms with Gasteiger partial charge in [-0.1, -0.05) is 31.6 Å². The van der Waals surface area contributed by atoms with E-state index in [1.165, 1.54) is 6.42 Å². The zero-order valence-corrected chi connectivity index (χ0v) is 13.2. The fourth-order valence-electron chi connectivity index (χ4n) is 2.45. The quantitative estimate of drug-likeness (QED) is 0.877. The molecule has 1 saturated heterocycles. The number of hydrogen-bond donors (Lipinski definition) is 1. The van der Waals surface area contributed by atoms with Crippen LogP contribution in [0.5, 0.6) is 0 Å². The Morgan fingerprint density at radius 2 is 2.20 bits per heavy atom. The predicted octanol–water partition coefficient (Wildman–Crippen LogP) is 2.90. The molecule has 0 bridgehead atoms. The Kier molecular flexibility index (Phi) is 5.76. The van der Waals surface area contributed by atoms with E-state index in [-0.39, 0.29) is 5.91 Å². The average molecular weight is 296 g/mol. The second-order valence-corrected chi connectivity index (χ2v) is 6.41. The summed E-state index contributed by atoms with van der Waals surface area (Å²) in [4.78, 5) is 14.1. The lowest BCUT2D eigenvalue weighted by atomic mass is 9.98. The fraction of sp³-hybridized carbons (Fsp3) is 0.786. The van der Waals surface area contributed by atoms with E-state index in [0.717, 1.165) is 42.5 Å².